The van der Waals surface area contributed by atoms with Crippen LogP contribution in [0.15, 0.2) is 9.59 Å². The van der Waals surface area contributed by atoms with Gasteiger partial charge in [-0.3, -0.25) is 13.9 Å². The molecule has 0 aliphatic heterocycles. The quantitative estimate of drug-likeness (QED) is 0.623. The number of nitrogens with zero attached hydrogens (tertiary/aromatic N) is 3. The summed E-state index contributed by atoms with van der Waals surface area (Å²) in [5, 5.41) is 0. The molecule has 1 atom stereocenters. The molecule has 0 saturated heterocycles. The van der Waals surface area contributed by atoms with E-state index in [2.05, 4.69) is 18.8 Å². The molecule has 2 heterocycles. The van der Waals surface area contributed by atoms with E-state index in [1.807, 2.05) is 4.57 Å². The van der Waals surface area contributed by atoms with E-state index in [1.165, 1.54) is 30.9 Å². The van der Waals surface area contributed by atoms with Crippen LogP contribution in [-0.4, -0.2) is 18.7 Å². The summed E-state index contributed by atoms with van der Waals surface area (Å²) in [6.45, 7) is 5.08. The number of aryl methyl sites for hydroxylation is 1. The molecule has 0 aliphatic carbocycles. The van der Waals surface area contributed by atoms with Crippen LogP contribution in [0.5, 0.6) is 0 Å². The minimum atomic E-state index is -0.346. The summed E-state index contributed by atoms with van der Waals surface area (Å²) in [4.78, 5) is 27.6. The van der Waals surface area contributed by atoms with Crippen LogP contribution in [0.25, 0.3) is 11.2 Å². The van der Waals surface area contributed by atoms with Crippen molar-refractivity contribution in [2.45, 2.75) is 52.5 Å². The lowest BCUT2D eigenvalue weighted by atomic mass is 9.98. The van der Waals surface area contributed by atoms with Crippen LogP contribution in [0.2, 0.25) is 0 Å². The number of aromatic amines is 1. The van der Waals surface area contributed by atoms with E-state index in [4.69, 9.17) is 12.2 Å². The third kappa shape index (κ3) is 3.34. The SMILES string of the molecule is CCCCCC(CC)Cn1c(=S)[nH]c2c1c(=O)n(C)c(=O)n2C. The lowest BCUT2D eigenvalue weighted by Gasteiger charge is -2.16. The van der Waals surface area contributed by atoms with Crippen molar-refractivity contribution in [2.75, 3.05) is 0 Å². The fourth-order valence-corrected chi connectivity index (χ4v) is 3.29. The number of aromatic nitrogens is 4. The molecule has 0 saturated carbocycles. The zero-order valence-corrected chi connectivity index (χ0v) is 15.2. The van der Waals surface area contributed by atoms with Crippen molar-refractivity contribution in [1.29, 1.82) is 0 Å². The van der Waals surface area contributed by atoms with Gasteiger partial charge in [-0.25, -0.2) is 4.79 Å². The van der Waals surface area contributed by atoms with Gasteiger partial charge < -0.3 is 9.55 Å². The summed E-state index contributed by atoms with van der Waals surface area (Å²) in [5.41, 5.74) is 0.361. The minimum Gasteiger partial charge on any atom is -0.316 e. The normalized spacial score (nSPS) is 12.9. The molecule has 2 aromatic rings. The minimum absolute atomic E-state index is 0.293. The predicted octanol–water partition coefficient (Wildman–Crippen LogP) is 2.70. The summed E-state index contributed by atoms with van der Waals surface area (Å²) in [7, 11) is 3.15. The maximum absolute atomic E-state index is 12.5. The van der Waals surface area contributed by atoms with Gasteiger partial charge in [-0.2, -0.15) is 0 Å². The molecule has 2 aromatic heterocycles. The molecule has 0 amide bonds. The summed E-state index contributed by atoms with van der Waals surface area (Å²) in [6.07, 6.45) is 5.80. The number of unbranched alkanes of at least 4 members (excludes halogenated alkanes) is 2. The average Bonchev–Trinajstić information content (AvgIpc) is 2.87. The van der Waals surface area contributed by atoms with Gasteiger partial charge in [0.1, 0.15) is 5.65 Å². The van der Waals surface area contributed by atoms with Crippen LogP contribution in [0.4, 0.5) is 0 Å². The molecule has 0 aliphatic rings. The molecular formula is C16H26N4O2S. The van der Waals surface area contributed by atoms with E-state index in [0.717, 1.165) is 17.4 Å². The van der Waals surface area contributed by atoms with Crippen LogP contribution < -0.4 is 11.2 Å². The first kappa shape index (κ1) is 17.7. The first-order valence-corrected chi connectivity index (χ1v) is 8.71. The molecule has 6 nitrogen and oxygen atoms in total. The van der Waals surface area contributed by atoms with E-state index in [0.29, 0.717) is 28.4 Å². The van der Waals surface area contributed by atoms with Crippen molar-refractivity contribution in [3.05, 3.63) is 25.6 Å². The largest absolute Gasteiger partial charge is 0.332 e. The fourth-order valence-electron chi connectivity index (χ4n) is 3.02. The van der Waals surface area contributed by atoms with Crippen molar-refractivity contribution in [3.8, 4) is 0 Å². The third-order valence-electron chi connectivity index (χ3n) is 4.62. The molecule has 0 aromatic carbocycles. The van der Waals surface area contributed by atoms with Crippen molar-refractivity contribution >= 4 is 23.4 Å². The van der Waals surface area contributed by atoms with Crippen LogP contribution in [0, 0.1) is 10.7 Å². The molecule has 0 fully saturated rings. The molecule has 7 heteroatoms. The number of fused-ring (bicyclic) bond motifs is 1. The van der Waals surface area contributed by atoms with E-state index < -0.39 is 0 Å². The highest BCUT2D eigenvalue weighted by Crippen LogP contribution is 2.18. The number of H-pyrrole nitrogens is 1. The number of imidazole rings is 1. The Hall–Kier alpha value is -1.63. The Balaban J connectivity index is 2.49. The molecule has 2 rings (SSSR count). The van der Waals surface area contributed by atoms with Gasteiger partial charge in [0.2, 0.25) is 0 Å². The first-order valence-electron chi connectivity index (χ1n) is 8.30. The smallest absolute Gasteiger partial charge is 0.316 e. The maximum Gasteiger partial charge on any atom is 0.332 e. The van der Waals surface area contributed by atoms with E-state index >= 15 is 0 Å². The molecule has 23 heavy (non-hydrogen) atoms. The van der Waals surface area contributed by atoms with Gasteiger partial charge in [-0.15, -0.1) is 0 Å². The van der Waals surface area contributed by atoms with E-state index in [-0.39, 0.29) is 11.2 Å². The summed E-state index contributed by atoms with van der Waals surface area (Å²) in [6, 6.07) is 0. The number of hydrogen-bond donors (Lipinski definition) is 1. The summed E-state index contributed by atoms with van der Waals surface area (Å²) in [5.74, 6) is 0.481. The molecular weight excluding hydrogens is 312 g/mol. The molecule has 0 radical (unpaired) electrons. The monoisotopic (exact) mass is 338 g/mol. The predicted molar refractivity (Wildman–Crippen MR) is 95.5 cm³/mol. The zero-order valence-electron chi connectivity index (χ0n) is 14.4. The molecule has 1 unspecified atom stereocenters. The standard InChI is InChI=1S/C16H26N4O2S/c1-5-7-8-9-11(6-2)10-20-12-13(17-15(20)23)18(3)16(22)19(4)14(12)21/h11H,5-10H2,1-4H3,(H,17,23). The maximum atomic E-state index is 12.5. The first-order chi connectivity index (χ1) is 10.9. The summed E-state index contributed by atoms with van der Waals surface area (Å²) >= 11 is 5.40. The van der Waals surface area contributed by atoms with Gasteiger partial charge in [-0.05, 0) is 24.6 Å². The van der Waals surface area contributed by atoms with Gasteiger partial charge in [0.05, 0.1) is 0 Å². The lowest BCUT2D eigenvalue weighted by molar-refractivity contribution is 0.389. The van der Waals surface area contributed by atoms with Crippen LogP contribution in [0.3, 0.4) is 0 Å². The third-order valence-corrected chi connectivity index (χ3v) is 4.94. The van der Waals surface area contributed by atoms with Crippen molar-refractivity contribution in [3.63, 3.8) is 0 Å². The Morgan fingerprint density at radius 2 is 1.83 bits per heavy atom. The second-order valence-electron chi connectivity index (χ2n) is 6.21. The van der Waals surface area contributed by atoms with Gasteiger partial charge in [-0.1, -0.05) is 39.5 Å². The Kier molecular flexibility index (Phi) is 5.62. The van der Waals surface area contributed by atoms with E-state index in [9.17, 15) is 9.59 Å². The Labute approximate surface area is 140 Å². The van der Waals surface area contributed by atoms with Crippen molar-refractivity contribution in [2.24, 2.45) is 20.0 Å². The second-order valence-corrected chi connectivity index (χ2v) is 6.60. The Morgan fingerprint density at radius 1 is 1.13 bits per heavy atom. The molecule has 0 bridgehead atoms. The van der Waals surface area contributed by atoms with E-state index in [1.54, 1.807) is 7.05 Å². The van der Waals surface area contributed by atoms with Crippen LogP contribution in [0.1, 0.15) is 46.0 Å². The Morgan fingerprint density at radius 3 is 2.43 bits per heavy atom. The van der Waals surface area contributed by atoms with Crippen LogP contribution in [-0.2, 0) is 20.6 Å². The molecule has 1 N–H and O–H groups in total. The van der Waals surface area contributed by atoms with Gasteiger partial charge in [0.15, 0.2) is 10.3 Å². The highest BCUT2D eigenvalue weighted by atomic mass is 32.1. The van der Waals surface area contributed by atoms with Gasteiger partial charge in [0, 0.05) is 20.6 Å². The number of rotatable bonds is 7. The lowest BCUT2D eigenvalue weighted by Crippen LogP contribution is -2.37. The number of nitrogens with one attached hydrogen (secondary N) is 1. The van der Waals surface area contributed by atoms with Crippen LogP contribution >= 0.6 is 12.2 Å². The number of hydrogen-bond acceptors (Lipinski definition) is 3. The highest BCUT2D eigenvalue weighted by molar-refractivity contribution is 7.71. The van der Waals surface area contributed by atoms with Gasteiger partial charge in [0.25, 0.3) is 5.56 Å². The van der Waals surface area contributed by atoms with Crippen molar-refractivity contribution in [1.82, 2.24) is 18.7 Å². The zero-order chi connectivity index (χ0) is 17.1. The Bertz CT molecular complexity index is 856. The topological polar surface area (TPSA) is 64.7 Å². The fraction of sp³-hybridized carbons (Fsp3) is 0.688. The van der Waals surface area contributed by atoms with Gasteiger partial charge >= 0.3 is 5.69 Å². The summed E-state index contributed by atoms with van der Waals surface area (Å²) < 4.78 is 4.96. The second kappa shape index (κ2) is 7.29. The molecule has 128 valence electrons. The highest BCUT2D eigenvalue weighted by Gasteiger charge is 2.17. The molecule has 0 spiro atoms. The van der Waals surface area contributed by atoms with Crippen molar-refractivity contribution < 1.29 is 0 Å². The average molecular weight is 338 g/mol.